The number of aromatic amines is 1. The summed E-state index contributed by atoms with van der Waals surface area (Å²) in [5, 5.41) is 49.4. The normalized spacial score (nSPS) is 18.0. The van der Waals surface area contributed by atoms with E-state index in [4.69, 9.17) is 5.73 Å². The van der Waals surface area contributed by atoms with Gasteiger partial charge in [-0.25, -0.2) is 0 Å². The van der Waals surface area contributed by atoms with Gasteiger partial charge in [0.2, 0.25) is 51.0 Å². The van der Waals surface area contributed by atoms with Gasteiger partial charge in [-0.3, -0.25) is 43.2 Å². The third kappa shape index (κ3) is 17.3. The zero-order valence-electron chi connectivity index (χ0n) is 41.2. The van der Waals surface area contributed by atoms with Crippen LogP contribution in [-0.2, 0) is 49.6 Å². The van der Waals surface area contributed by atoms with Crippen LogP contribution in [0.5, 0.6) is 0 Å². The van der Waals surface area contributed by atoms with Gasteiger partial charge in [0.1, 0.15) is 48.3 Å². The van der Waals surface area contributed by atoms with Gasteiger partial charge in [-0.15, -0.1) is 0 Å². The Morgan fingerprint density at radius 2 is 1.33 bits per heavy atom. The van der Waals surface area contributed by atoms with Gasteiger partial charge in [0.25, 0.3) is 0 Å². The minimum Gasteiger partial charge on any atom is -0.394 e. The Bertz CT molecular complexity index is 2150. The Hall–Kier alpha value is -5.24. The Morgan fingerprint density at radius 3 is 1.91 bits per heavy atom. The fourth-order valence-corrected chi connectivity index (χ4v) is 8.33. The summed E-state index contributed by atoms with van der Waals surface area (Å²) in [4.78, 5) is 125. The van der Waals surface area contributed by atoms with E-state index >= 15 is 0 Å². The van der Waals surface area contributed by atoms with E-state index in [-0.39, 0.29) is 47.9 Å². The number of benzene rings is 1. The number of rotatable bonds is 27. The molecule has 2 aromatic rings. The number of carbonyl (C=O) groups excluding carboxylic acids is 9. The smallest absolute Gasteiger partial charge is 0.245 e. The second-order valence-corrected chi connectivity index (χ2v) is 19.9. The molecule has 0 radical (unpaired) electrons. The van der Waals surface area contributed by atoms with Gasteiger partial charge in [0.05, 0.1) is 25.4 Å². The topological polar surface area (TPSA) is 344 Å². The maximum atomic E-state index is 14.1. The van der Waals surface area contributed by atoms with Crippen molar-refractivity contribution >= 4 is 84.5 Å². The monoisotopic (exact) mass is 1100 g/mol. The lowest BCUT2D eigenvalue weighted by atomic mass is 9.96. The molecule has 70 heavy (non-hydrogen) atoms. The molecule has 1 aromatic carbocycles. The Kier molecular flexibility index (Phi) is 23.6. The molecular formula is C47H73IN10O12. The predicted octanol–water partition coefficient (Wildman–Crippen LogP) is -1.09. The fourth-order valence-electron chi connectivity index (χ4n) is 7.96. The first-order valence-electron chi connectivity index (χ1n) is 23.8. The number of hydrogen-bond acceptors (Lipinski definition) is 13. The minimum absolute atomic E-state index is 0.0572. The highest BCUT2D eigenvalue weighted by atomic mass is 127. The Morgan fingerprint density at radius 1 is 0.743 bits per heavy atom. The van der Waals surface area contributed by atoms with Crippen LogP contribution in [0.25, 0.3) is 10.9 Å². The number of carbonyl (C=O) groups is 9. The number of H-pyrrole nitrogens is 1. The maximum absolute atomic E-state index is 14.1. The molecule has 23 heteroatoms. The number of halogens is 1. The predicted molar refractivity (Wildman–Crippen MR) is 267 cm³/mol. The van der Waals surface area contributed by atoms with Crippen molar-refractivity contribution in [3.8, 4) is 0 Å². The summed E-state index contributed by atoms with van der Waals surface area (Å²) < 4.78 is -0.383. The van der Waals surface area contributed by atoms with Crippen molar-refractivity contribution in [1.29, 1.82) is 0 Å². The molecule has 0 unspecified atom stereocenters. The standard InChI is InChI=1S/C47H73IN10O12/c1-9-25(6)38(45(68)55-34(22-59)42(65)53-31(40(48)63)19-28-20-50-30-14-11-10-13-29(28)30)56-41(64)32(17-23(2)3)54-46(69)39(27(8)61)57-43(66)35-15-12-16-58(35)47(70)33(18-24(4)5)52-36(62)21-51-44(67)37(49)26(7)60/h10-11,13-14,20,23-27,31-35,37-39,50,59-61H,9,12,15-19,21-22,49H2,1-8H3,(H,51,67)(H,52,62)(H,53,65)(H,54,69)(H,55,68)(H,56,64)(H,57,66)/t25-,26+,27+,31-,32-,33-,34-,35-,37-,38-,39-/m0/s1. The summed E-state index contributed by atoms with van der Waals surface area (Å²) in [6.45, 7) is 12.1. The van der Waals surface area contributed by atoms with Gasteiger partial charge < -0.3 is 68.2 Å². The number of hydrogen-bond donors (Lipinski definition) is 12. The molecule has 13 N–H and O–H groups in total. The highest BCUT2D eigenvalue weighted by molar-refractivity contribution is 14.1. The van der Waals surface area contributed by atoms with Crippen molar-refractivity contribution in [2.24, 2.45) is 23.5 Å². The van der Waals surface area contributed by atoms with Crippen molar-refractivity contribution < 1.29 is 58.5 Å². The van der Waals surface area contributed by atoms with E-state index in [1.807, 2.05) is 38.1 Å². The van der Waals surface area contributed by atoms with E-state index < -0.39 is 127 Å². The second kappa shape index (κ2) is 28.0. The van der Waals surface area contributed by atoms with E-state index in [1.54, 1.807) is 56.5 Å². The first-order valence-corrected chi connectivity index (χ1v) is 24.8. The first kappa shape index (κ1) is 59.1. The molecule has 0 saturated carbocycles. The number of para-hydroxylation sites is 1. The number of nitrogens with two attached hydrogens (primary N) is 1. The molecule has 1 fully saturated rings. The average molecular weight is 1100 g/mol. The second-order valence-electron chi connectivity index (χ2n) is 18.9. The third-order valence-electron chi connectivity index (χ3n) is 12.1. The summed E-state index contributed by atoms with van der Waals surface area (Å²) in [6, 6.07) is -2.71. The van der Waals surface area contributed by atoms with Gasteiger partial charge in [0, 0.05) is 52.7 Å². The van der Waals surface area contributed by atoms with Crippen molar-refractivity contribution in [2.45, 2.75) is 154 Å². The van der Waals surface area contributed by atoms with Crippen molar-refractivity contribution in [3.05, 3.63) is 36.0 Å². The number of aliphatic hydroxyl groups is 3. The maximum Gasteiger partial charge on any atom is 0.245 e. The average Bonchev–Trinajstić information content (AvgIpc) is 3.96. The number of amides is 8. The SMILES string of the molecule is CC[C@H](C)[C@H](NC(=O)[C@H](CC(C)C)NC(=O)[C@@H](NC(=O)[C@@H]1CCCN1C(=O)[C@H](CC(C)C)NC(=O)CNC(=O)[C@@H](N)[C@@H](C)O)[C@@H](C)O)C(=O)N[C@@H](CO)C(=O)N[C@@H](Cc1c[nH]c2ccccc12)C(=O)I. The van der Waals surface area contributed by atoms with Crippen LogP contribution in [-0.4, -0.2) is 156 Å². The van der Waals surface area contributed by atoms with Gasteiger partial charge in [-0.05, 0) is 68.9 Å². The van der Waals surface area contributed by atoms with Gasteiger partial charge in [-0.1, -0.05) is 66.2 Å². The van der Waals surface area contributed by atoms with Crippen LogP contribution in [0.4, 0.5) is 0 Å². The van der Waals surface area contributed by atoms with Crippen molar-refractivity contribution in [3.63, 3.8) is 0 Å². The number of likely N-dealkylation sites (tertiary alicyclic amines) is 1. The van der Waals surface area contributed by atoms with Crippen LogP contribution in [0.2, 0.25) is 0 Å². The molecule has 3 rings (SSSR count). The molecule has 1 aliphatic rings. The number of aromatic nitrogens is 1. The van der Waals surface area contributed by atoms with Crippen LogP contribution >= 0.6 is 22.6 Å². The van der Waals surface area contributed by atoms with Crippen molar-refractivity contribution in [1.82, 2.24) is 47.1 Å². The summed E-state index contributed by atoms with van der Waals surface area (Å²) in [5.74, 6) is -6.99. The molecule has 0 spiro atoms. The van der Waals surface area contributed by atoms with Crippen LogP contribution < -0.4 is 43.0 Å². The quantitative estimate of drug-likeness (QED) is 0.0374. The van der Waals surface area contributed by atoms with Crippen LogP contribution in [0.3, 0.4) is 0 Å². The van der Waals surface area contributed by atoms with Gasteiger partial charge in [-0.2, -0.15) is 0 Å². The van der Waals surface area contributed by atoms with E-state index in [2.05, 4.69) is 42.2 Å². The molecule has 11 atom stereocenters. The van der Waals surface area contributed by atoms with Crippen LogP contribution in [0.15, 0.2) is 30.5 Å². The summed E-state index contributed by atoms with van der Waals surface area (Å²) in [5.41, 5.74) is 7.24. The zero-order valence-corrected chi connectivity index (χ0v) is 43.3. The van der Waals surface area contributed by atoms with Gasteiger partial charge >= 0.3 is 0 Å². The zero-order chi connectivity index (χ0) is 52.6. The van der Waals surface area contributed by atoms with E-state index in [0.717, 1.165) is 16.5 Å². The summed E-state index contributed by atoms with van der Waals surface area (Å²) in [7, 11) is 0. The molecule has 22 nitrogen and oxygen atoms in total. The van der Waals surface area contributed by atoms with Crippen LogP contribution in [0.1, 0.15) is 93.1 Å². The number of aliphatic hydroxyl groups excluding tert-OH is 3. The molecule has 1 aromatic heterocycles. The lowest BCUT2D eigenvalue weighted by Gasteiger charge is -2.32. The minimum atomic E-state index is -1.61. The summed E-state index contributed by atoms with van der Waals surface area (Å²) in [6.07, 6.45) is 0.421. The lowest BCUT2D eigenvalue weighted by Crippen LogP contribution is -2.62. The highest BCUT2D eigenvalue weighted by Crippen LogP contribution is 2.22. The number of nitrogens with one attached hydrogen (secondary N) is 8. The molecule has 0 aliphatic carbocycles. The number of fused-ring (bicyclic) bond motifs is 1. The molecule has 2 heterocycles. The summed E-state index contributed by atoms with van der Waals surface area (Å²) >= 11 is 1.58. The molecule has 1 aliphatic heterocycles. The molecule has 390 valence electrons. The Balaban J connectivity index is 1.73. The van der Waals surface area contributed by atoms with E-state index in [0.29, 0.717) is 12.8 Å². The first-order chi connectivity index (χ1) is 32.9. The van der Waals surface area contributed by atoms with Crippen molar-refractivity contribution in [2.75, 3.05) is 19.7 Å². The van der Waals surface area contributed by atoms with E-state index in [9.17, 15) is 58.5 Å². The fraction of sp³-hybridized carbons (Fsp3) is 0.638. The number of nitrogens with zero attached hydrogens (tertiary/aromatic N) is 1. The van der Waals surface area contributed by atoms with Crippen LogP contribution in [0, 0.1) is 17.8 Å². The van der Waals surface area contributed by atoms with E-state index in [1.165, 1.54) is 18.7 Å². The molecular weight excluding hydrogens is 1020 g/mol. The lowest BCUT2D eigenvalue weighted by molar-refractivity contribution is -0.143. The van der Waals surface area contributed by atoms with Gasteiger partial charge in [0.15, 0.2) is 0 Å². The molecule has 8 amide bonds. The third-order valence-corrected chi connectivity index (χ3v) is 12.9. The largest absolute Gasteiger partial charge is 0.394 e. The molecule has 0 bridgehead atoms. The highest BCUT2D eigenvalue weighted by Gasteiger charge is 2.41. The molecule has 1 saturated heterocycles. The Labute approximate surface area is 422 Å².